The molecule has 128 valence electrons. The Kier molecular flexibility index (Phi) is 5.29. The van der Waals surface area contributed by atoms with Crippen molar-refractivity contribution in [1.82, 2.24) is 0 Å². The summed E-state index contributed by atoms with van der Waals surface area (Å²) in [7, 11) is -4.00. The molecule has 0 spiro atoms. The Morgan fingerprint density at radius 3 is 2.50 bits per heavy atom. The van der Waals surface area contributed by atoms with Crippen molar-refractivity contribution >= 4 is 49.6 Å². The maximum absolute atomic E-state index is 12.7. The highest BCUT2D eigenvalue weighted by Gasteiger charge is 2.27. The van der Waals surface area contributed by atoms with Crippen LogP contribution in [0, 0.1) is 0 Å². The van der Waals surface area contributed by atoms with Crippen LogP contribution in [-0.2, 0) is 14.6 Å². The van der Waals surface area contributed by atoms with E-state index in [0.717, 1.165) is 6.07 Å². The van der Waals surface area contributed by atoms with Crippen LogP contribution < -0.4 is 11.1 Å². The summed E-state index contributed by atoms with van der Waals surface area (Å²) >= 11 is 6.58. The number of aliphatic hydroxyl groups is 1. The van der Waals surface area contributed by atoms with Gasteiger partial charge >= 0.3 is 0 Å². The molecule has 0 bridgehead atoms. The van der Waals surface area contributed by atoms with Gasteiger partial charge in [-0.25, -0.2) is 8.42 Å². The Hall–Kier alpha value is -1.94. The largest absolute Gasteiger partial charge is 0.384 e. The van der Waals surface area contributed by atoms with Crippen molar-refractivity contribution in [1.29, 1.82) is 0 Å². The molecular weight excluding hydrogens is 376 g/mol. The molecule has 0 fully saturated rings. The summed E-state index contributed by atoms with van der Waals surface area (Å²) in [5, 5.41) is 11.5. The lowest BCUT2D eigenvalue weighted by molar-refractivity contribution is -0.123. The lowest BCUT2D eigenvalue weighted by atomic mass is 10.3. The Bertz CT molecular complexity index is 906. The van der Waals surface area contributed by atoms with E-state index in [4.69, 9.17) is 17.3 Å². The van der Waals surface area contributed by atoms with Crippen molar-refractivity contribution in [3.05, 3.63) is 40.9 Å². The number of aliphatic hydroxyl groups excluding tert-OH is 1. The Labute approximate surface area is 147 Å². The van der Waals surface area contributed by atoms with E-state index in [1.165, 1.54) is 25.1 Å². The number of benzene rings is 1. The van der Waals surface area contributed by atoms with Gasteiger partial charge < -0.3 is 16.2 Å². The summed E-state index contributed by atoms with van der Waals surface area (Å²) in [6.07, 6.45) is -1.34. The van der Waals surface area contributed by atoms with Gasteiger partial charge in [-0.15, -0.1) is 11.3 Å². The molecule has 0 aliphatic rings. The van der Waals surface area contributed by atoms with E-state index in [0.29, 0.717) is 11.3 Å². The predicted molar refractivity (Wildman–Crippen MR) is 90.1 cm³/mol. The quantitative estimate of drug-likeness (QED) is 0.717. The topological polar surface area (TPSA) is 127 Å². The van der Waals surface area contributed by atoms with E-state index in [-0.39, 0.29) is 24.7 Å². The molecule has 1 aromatic heterocycles. The van der Waals surface area contributed by atoms with Crippen LogP contribution in [0.5, 0.6) is 0 Å². The molecule has 7 nitrogen and oxygen atoms in total. The highest BCUT2D eigenvalue weighted by molar-refractivity contribution is 7.93. The molecule has 0 aliphatic carbocycles. The van der Waals surface area contributed by atoms with Crippen molar-refractivity contribution in [2.24, 2.45) is 5.73 Å². The van der Waals surface area contributed by atoms with E-state index in [2.05, 4.69) is 5.32 Å². The smallest absolute Gasteiger partial charge is 0.253 e. The normalized spacial score (nSPS) is 12.6. The molecule has 0 saturated carbocycles. The zero-order valence-electron chi connectivity index (χ0n) is 12.3. The number of thiophene rings is 1. The number of amides is 2. The molecule has 0 saturated heterocycles. The second-order valence-corrected chi connectivity index (χ2v) is 8.38. The minimum atomic E-state index is -4.00. The summed E-state index contributed by atoms with van der Waals surface area (Å²) in [5.74, 6) is -1.70. The predicted octanol–water partition coefficient (Wildman–Crippen LogP) is 1.65. The van der Waals surface area contributed by atoms with Gasteiger partial charge in [-0.1, -0.05) is 23.7 Å². The molecule has 2 amide bonds. The highest BCUT2D eigenvalue weighted by Crippen LogP contribution is 2.36. The molecule has 1 heterocycles. The van der Waals surface area contributed by atoms with Crippen LogP contribution in [0.15, 0.2) is 39.4 Å². The number of nitrogens with two attached hydrogens (primary N) is 1. The second-order valence-electron chi connectivity index (χ2n) is 4.77. The van der Waals surface area contributed by atoms with Gasteiger partial charge in [0.05, 0.1) is 15.5 Å². The molecule has 2 aromatic rings. The number of halogens is 1. The first-order chi connectivity index (χ1) is 11.1. The number of anilines is 1. The lowest BCUT2D eigenvalue weighted by Crippen LogP contribution is -2.25. The van der Waals surface area contributed by atoms with Gasteiger partial charge in [-0.3, -0.25) is 9.59 Å². The zero-order valence-corrected chi connectivity index (χ0v) is 14.7. The van der Waals surface area contributed by atoms with E-state index in [1.54, 1.807) is 6.07 Å². The Morgan fingerprint density at radius 1 is 1.33 bits per heavy atom. The average Bonchev–Trinajstić information content (AvgIpc) is 2.92. The number of primary amides is 1. The third kappa shape index (κ3) is 3.59. The molecule has 1 unspecified atom stereocenters. The van der Waals surface area contributed by atoms with Crippen molar-refractivity contribution in [3.63, 3.8) is 0 Å². The number of nitrogens with one attached hydrogen (secondary N) is 1. The van der Waals surface area contributed by atoms with Crippen LogP contribution in [0.3, 0.4) is 0 Å². The van der Waals surface area contributed by atoms with E-state index in [9.17, 15) is 23.1 Å². The zero-order chi connectivity index (χ0) is 18.1. The third-order valence-electron chi connectivity index (χ3n) is 2.98. The minimum Gasteiger partial charge on any atom is -0.384 e. The van der Waals surface area contributed by atoms with Crippen molar-refractivity contribution in [2.75, 3.05) is 5.32 Å². The van der Waals surface area contributed by atoms with Crippen LogP contribution in [0.2, 0.25) is 5.02 Å². The maximum Gasteiger partial charge on any atom is 0.253 e. The first-order valence-electron chi connectivity index (χ1n) is 6.56. The fourth-order valence-corrected chi connectivity index (χ4v) is 5.03. The fourth-order valence-electron chi connectivity index (χ4n) is 1.76. The molecule has 4 N–H and O–H groups in total. The number of carbonyl (C=O) groups is 2. The molecule has 24 heavy (non-hydrogen) atoms. The van der Waals surface area contributed by atoms with Gasteiger partial charge in [0.25, 0.3) is 11.8 Å². The Morgan fingerprint density at radius 2 is 1.96 bits per heavy atom. The monoisotopic (exact) mass is 388 g/mol. The van der Waals surface area contributed by atoms with Gasteiger partial charge in [-0.2, -0.15) is 0 Å². The molecule has 1 aromatic carbocycles. The van der Waals surface area contributed by atoms with Crippen LogP contribution in [0.1, 0.15) is 17.3 Å². The van der Waals surface area contributed by atoms with Crippen molar-refractivity contribution < 1.29 is 23.1 Å². The van der Waals surface area contributed by atoms with Gasteiger partial charge in [0.15, 0.2) is 0 Å². The van der Waals surface area contributed by atoms with E-state index >= 15 is 0 Å². The number of sulfone groups is 1. The van der Waals surface area contributed by atoms with E-state index < -0.39 is 27.8 Å². The van der Waals surface area contributed by atoms with Crippen LogP contribution >= 0.6 is 22.9 Å². The SMILES string of the molecule is CC(O)C(=O)Nc1sc(S(=O)(=O)c2ccccc2Cl)cc1C(N)=O. The van der Waals surface area contributed by atoms with Gasteiger partial charge in [-0.05, 0) is 25.1 Å². The third-order valence-corrected chi connectivity index (χ3v) is 6.76. The highest BCUT2D eigenvalue weighted by atomic mass is 35.5. The maximum atomic E-state index is 12.7. The van der Waals surface area contributed by atoms with Crippen molar-refractivity contribution in [2.45, 2.75) is 22.1 Å². The average molecular weight is 389 g/mol. The molecule has 10 heteroatoms. The van der Waals surface area contributed by atoms with E-state index in [1.807, 2.05) is 0 Å². The summed E-state index contributed by atoms with van der Waals surface area (Å²) in [6.45, 7) is 1.23. The van der Waals surface area contributed by atoms with Gasteiger partial charge in [0.2, 0.25) is 9.84 Å². The lowest BCUT2D eigenvalue weighted by Gasteiger charge is -2.06. The summed E-state index contributed by atoms with van der Waals surface area (Å²) in [4.78, 5) is 23.0. The minimum absolute atomic E-state index is 0.0288. The summed E-state index contributed by atoms with van der Waals surface area (Å²) in [6, 6.07) is 6.92. The first-order valence-corrected chi connectivity index (χ1v) is 9.24. The number of rotatable bonds is 5. The van der Waals surface area contributed by atoms with Crippen molar-refractivity contribution in [3.8, 4) is 0 Å². The molecule has 0 radical (unpaired) electrons. The number of carbonyl (C=O) groups excluding carboxylic acids is 2. The van der Waals surface area contributed by atoms with Crippen LogP contribution in [0.4, 0.5) is 5.00 Å². The standard InChI is InChI=1S/C14H13ClN2O5S2/c1-7(18)13(20)17-14-8(12(16)19)6-11(23-14)24(21,22)10-5-3-2-4-9(10)15/h2-7,18H,1H3,(H2,16,19)(H,17,20). The van der Waals surface area contributed by atoms with Gasteiger partial charge in [0.1, 0.15) is 15.3 Å². The molecule has 2 rings (SSSR count). The number of hydrogen-bond acceptors (Lipinski definition) is 6. The summed E-state index contributed by atoms with van der Waals surface area (Å²) < 4.78 is 25.1. The van der Waals surface area contributed by atoms with Crippen LogP contribution in [-0.4, -0.2) is 31.4 Å². The van der Waals surface area contributed by atoms with Crippen LogP contribution in [0.25, 0.3) is 0 Å². The molecule has 0 aliphatic heterocycles. The fraction of sp³-hybridized carbons (Fsp3) is 0.143. The van der Waals surface area contributed by atoms with Gasteiger partial charge in [0, 0.05) is 0 Å². The Balaban J connectivity index is 2.54. The summed E-state index contributed by atoms with van der Waals surface area (Å²) in [5.41, 5.74) is 5.06. The molecular formula is C14H13ClN2O5S2. The molecule has 1 atom stereocenters. The number of hydrogen-bond donors (Lipinski definition) is 3. The first kappa shape index (κ1) is 18.4. The second kappa shape index (κ2) is 6.89.